The van der Waals surface area contributed by atoms with E-state index < -0.39 is 54.6 Å². The van der Waals surface area contributed by atoms with E-state index in [9.17, 15) is 10.2 Å². The normalized spacial score (nSPS) is 22.0. The van der Waals surface area contributed by atoms with Crippen molar-refractivity contribution in [2.75, 3.05) is 18.6 Å². The van der Waals surface area contributed by atoms with E-state index in [2.05, 4.69) is 15.0 Å². The van der Waals surface area contributed by atoms with Crippen LogP contribution in [-0.2, 0) is 18.4 Å². The van der Waals surface area contributed by atoms with E-state index in [1.54, 1.807) is 0 Å². The Hall–Kier alpha value is -1.13. The van der Waals surface area contributed by atoms with E-state index >= 15 is 0 Å². The molecule has 0 spiro atoms. The molecule has 2 aromatic rings. The summed E-state index contributed by atoms with van der Waals surface area (Å²) in [6.45, 7) is -0.394. The van der Waals surface area contributed by atoms with E-state index in [0.717, 1.165) is 0 Å². The van der Waals surface area contributed by atoms with Crippen molar-refractivity contribution in [1.82, 2.24) is 19.5 Å². The molecule has 1 fully saturated rings. The van der Waals surface area contributed by atoms with E-state index in [0.29, 0.717) is 16.3 Å². The molecule has 0 saturated carbocycles. The minimum atomic E-state index is -4.64. The van der Waals surface area contributed by atoms with Crippen molar-refractivity contribution in [1.29, 1.82) is 0 Å². The molecular weight excluding hydrogens is 583 g/mol. The second kappa shape index (κ2) is 14.1. The van der Waals surface area contributed by atoms with Gasteiger partial charge < -0.3 is 69.8 Å². The van der Waals surface area contributed by atoms with Crippen molar-refractivity contribution in [2.24, 2.45) is 0 Å². The lowest BCUT2D eigenvalue weighted by atomic mass is 10.1. The summed E-state index contributed by atoms with van der Waals surface area (Å²) in [4.78, 5) is 77.2. The Balaban J connectivity index is 0.000000672. The monoisotopic (exact) mass is 607 g/mol. The Morgan fingerprint density at radius 3 is 1.75 bits per heavy atom. The summed E-state index contributed by atoms with van der Waals surface area (Å²) < 4.78 is 33.6. The lowest BCUT2D eigenvalue weighted by molar-refractivity contribution is -0.0511. The zero-order valence-electron chi connectivity index (χ0n) is 17.7. The molecule has 14 N–H and O–H groups in total. The predicted octanol–water partition coefficient (Wildman–Crippen LogP) is -4.04. The highest BCUT2D eigenvalue weighted by molar-refractivity contribution is 7.98. The van der Waals surface area contributed by atoms with E-state index in [4.69, 9.17) is 73.3 Å². The van der Waals surface area contributed by atoms with E-state index in [-0.39, 0.29) is 5.82 Å². The molecule has 25 heteroatoms. The van der Waals surface area contributed by atoms with Gasteiger partial charge in [0.05, 0.1) is 12.9 Å². The number of thioether (sulfide) groups is 1. The maximum atomic E-state index is 10.1. The Kier molecular flexibility index (Phi) is 13.7. The smallest absolute Gasteiger partial charge is 0.394 e. The number of phosphoric acid groups is 3. The van der Waals surface area contributed by atoms with Crippen molar-refractivity contribution < 1.29 is 77.8 Å². The fourth-order valence-corrected chi connectivity index (χ4v) is 2.67. The number of ether oxygens (including phenoxy) is 1. The van der Waals surface area contributed by atoms with Crippen LogP contribution in [0.2, 0.25) is 0 Å². The van der Waals surface area contributed by atoms with E-state index in [1.165, 1.54) is 22.7 Å². The van der Waals surface area contributed by atoms with Crippen LogP contribution in [0.25, 0.3) is 11.2 Å². The van der Waals surface area contributed by atoms with Gasteiger partial charge >= 0.3 is 23.5 Å². The average Bonchev–Trinajstić information content (AvgIpc) is 3.19. The third kappa shape index (κ3) is 14.6. The molecule has 0 aliphatic carbocycles. The number of hydrogen-bond donors (Lipinski definition) is 13. The number of rotatable bonds is 3. The van der Waals surface area contributed by atoms with Crippen LogP contribution in [0.4, 0.5) is 5.82 Å². The maximum Gasteiger partial charge on any atom is 0.466 e. The Morgan fingerprint density at radius 1 is 0.944 bits per heavy atom. The molecule has 0 aromatic carbocycles. The molecule has 2 aromatic heterocycles. The molecule has 4 atom stereocenters. The first-order valence-corrected chi connectivity index (χ1v) is 14.5. The third-order valence-corrected chi connectivity index (χ3v) is 3.95. The topological polar surface area (TPSA) is 373 Å². The lowest BCUT2D eigenvalue weighted by Gasteiger charge is -2.16. The van der Waals surface area contributed by atoms with Crippen LogP contribution in [0.1, 0.15) is 6.23 Å². The molecule has 1 saturated heterocycles. The largest absolute Gasteiger partial charge is 0.466 e. The number of aliphatic hydroxyl groups is 3. The van der Waals surface area contributed by atoms with Gasteiger partial charge in [-0.3, -0.25) is 4.57 Å². The van der Waals surface area contributed by atoms with Gasteiger partial charge in [0.1, 0.15) is 23.8 Å². The number of aromatic nitrogens is 4. The van der Waals surface area contributed by atoms with Gasteiger partial charge in [0, 0.05) is 0 Å². The Bertz CT molecular complexity index is 1050. The number of anilines is 1. The number of nitrogens with zero attached hydrogens (tertiary/aromatic N) is 4. The summed E-state index contributed by atoms with van der Waals surface area (Å²) in [5, 5.41) is 29.5. The molecular formula is C11H24N5O16P3S. The Labute approximate surface area is 204 Å². The number of aliphatic hydroxyl groups excluding tert-OH is 3. The van der Waals surface area contributed by atoms with Crippen LogP contribution >= 0.6 is 35.2 Å². The molecule has 3 rings (SSSR count). The quantitative estimate of drug-likeness (QED) is 0.0896. The molecule has 3 heterocycles. The van der Waals surface area contributed by atoms with Crippen molar-refractivity contribution >= 4 is 52.2 Å². The average molecular weight is 607 g/mol. The van der Waals surface area contributed by atoms with Gasteiger partial charge in [-0.15, -0.1) is 0 Å². The van der Waals surface area contributed by atoms with Gasteiger partial charge in [-0.2, -0.15) is 0 Å². The number of nitrogens with two attached hydrogens (primary N) is 1. The van der Waals surface area contributed by atoms with Crippen LogP contribution < -0.4 is 5.73 Å². The third-order valence-electron chi connectivity index (χ3n) is 3.40. The number of imidazole rings is 1. The molecule has 1 aliphatic heterocycles. The maximum absolute atomic E-state index is 10.1. The van der Waals surface area contributed by atoms with Gasteiger partial charge in [-0.25, -0.2) is 28.6 Å². The number of hydrogen-bond acceptors (Lipinski definition) is 12. The molecule has 0 radical (unpaired) electrons. The van der Waals surface area contributed by atoms with Gasteiger partial charge in [-0.1, -0.05) is 11.8 Å². The first kappa shape index (κ1) is 34.9. The fraction of sp³-hybridized carbons (Fsp3) is 0.545. The molecule has 0 bridgehead atoms. The van der Waals surface area contributed by atoms with Crippen LogP contribution in [0.15, 0.2) is 11.5 Å². The van der Waals surface area contributed by atoms with Crippen molar-refractivity contribution in [2.45, 2.75) is 29.7 Å². The van der Waals surface area contributed by atoms with Crippen LogP contribution in [0.3, 0.4) is 0 Å². The first-order chi connectivity index (χ1) is 16.1. The SMILES string of the molecule is CSc1nc(N)c2ncn([C@@H]3O[C@H](CO)[C@@H](O)[C@H]3O)c2n1.O=P(O)(O)O.O=P(O)(O)O.O=P(O)(O)O. The molecule has 0 amide bonds. The zero-order valence-corrected chi connectivity index (χ0v) is 21.2. The first-order valence-electron chi connectivity index (χ1n) is 8.58. The Morgan fingerprint density at radius 2 is 1.39 bits per heavy atom. The summed E-state index contributed by atoms with van der Waals surface area (Å²) >= 11 is 1.32. The predicted molar refractivity (Wildman–Crippen MR) is 117 cm³/mol. The molecule has 1 aliphatic rings. The van der Waals surface area contributed by atoms with Crippen molar-refractivity contribution in [3.05, 3.63) is 6.33 Å². The summed E-state index contributed by atoms with van der Waals surface area (Å²) in [5.41, 5.74) is 6.63. The van der Waals surface area contributed by atoms with Crippen molar-refractivity contribution in [3.63, 3.8) is 0 Å². The summed E-state index contributed by atoms with van der Waals surface area (Å²) in [7, 11) is -13.9. The molecule has 36 heavy (non-hydrogen) atoms. The standard InChI is InChI=1S/C11H15N5O4S.3H3O4P/c1-21-11-14-8(12)5-9(15-11)16(3-13-5)10-7(19)6(18)4(2-17)20-10;3*1-5(2,3)4/h3-4,6-7,10,17-19H,2H2,1H3,(H2,12,14,15);3*(H3,1,2,3,4)/t4-,6-,7-,10-;;;/m1.../s1. The second-order valence-corrected chi connectivity index (χ2v) is 10.0. The molecule has 210 valence electrons. The summed E-state index contributed by atoms with van der Waals surface area (Å²) in [5.74, 6) is 0.231. The lowest BCUT2D eigenvalue weighted by Crippen LogP contribution is -2.33. The zero-order chi connectivity index (χ0) is 28.6. The number of fused-ring (bicyclic) bond motifs is 1. The van der Waals surface area contributed by atoms with Crippen LogP contribution in [0, 0.1) is 0 Å². The fourth-order valence-electron chi connectivity index (χ4n) is 2.30. The second-order valence-electron chi connectivity index (χ2n) is 6.19. The molecule has 21 nitrogen and oxygen atoms in total. The van der Waals surface area contributed by atoms with Crippen LogP contribution in [0.5, 0.6) is 0 Å². The van der Waals surface area contributed by atoms with Crippen LogP contribution in [-0.4, -0.2) is 110 Å². The van der Waals surface area contributed by atoms with Gasteiger partial charge in [0.25, 0.3) is 0 Å². The van der Waals surface area contributed by atoms with Crippen molar-refractivity contribution in [3.8, 4) is 0 Å². The summed E-state index contributed by atoms with van der Waals surface area (Å²) in [6.07, 6.45) is -0.911. The number of nitrogen functional groups attached to an aromatic ring is 1. The van der Waals surface area contributed by atoms with Gasteiger partial charge in [0.2, 0.25) is 0 Å². The van der Waals surface area contributed by atoms with Gasteiger partial charge in [0.15, 0.2) is 22.8 Å². The molecule has 0 unspecified atom stereocenters. The minimum Gasteiger partial charge on any atom is -0.394 e. The van der Waals surface area contributed by atoms with Gasteiger partial charge in [-0.05, 0) is 6.26 Å². The van der Waals surface area contributed by atoms with E-state index in [1.807, 2.05) is 6.26 Å². The highest BCUT2D eigenvalue weighted by Gasteiger charge is 2.44. The highest BCUT2D eigenvalue weighted by Crippen LogP contribution is 2.32. The highest BCUT2D eigenvalue weighted by atomic mass is 32.2. The summed E-state index contributed by atoms with van der Waals surface area (Å²) in [6, 6.07) is 0. The minimum absolute atomic E-state index is 0.231.